The summed E-state index contributed by atoms with van der Waals surface area (Å²) < 4.78 is 4.75. The van der Waals surface area contributed by atoms with Crippen LogP contribution in [0.5, 0.6) is 0 Å². The average Bonchev–Trinajstić information content (AvgIpc) is 2.90. The number of aromatic nitrogens is 3. The number of nitrogens with one attached hydrogen (secondary N) is 1. The van der Waals surface area contributed by atoms with Crippen LogP contribution in [0.1, 0.15) is 23.9 Å². The number of hydrogen-bond acceptors (Lipinski definition) is 2. The van der Waals surface area contributed by atoms with Gasteiger partial charge in [-0.1, -0.05) is 48.0 Å². The van der Waals surface area contributed by atoms with Gasteiger partial charge in [0.1, 0.15) is 12.4 Å². The van der Waals surface area contributed by atoms with Crippen LogP contribution in [-0.4, -0.2) is 20.9 Å². The standard InChI is InChI=1S/C20H24N4S/c1-4-22(14-18-8-6-5-7-9-18)15-23-20(25)24(17(3)21-23)19-12-10-16(2)11-13-19/h5-13H,4,14-15H2,1-3H3/p+1. The van der Waals surface area contributed by atoms with E-state index in [1.807, 2.05) is 16.2 Å². The first kappa shape index (κ1) is 17.6. The Bertz CT molecular complexity index is 878. The molecular weight excluding hydrogens is 328 g/mol. The number of aryl methyl sites for hydroxylation is 2. The summed E-state index contributed by atoms with van der Waals surface area (Å²) in [4.78, 5) is 1.43. The molecule has 0 saturated carbocycles. The van der Waals surface area contributed by atoms with E-state index in [-0.39, 0.29) is 0 Å². The number of benzene rings is 2. The molecule has 0 aliphatic rings. The molecule has 0 aliphatic carbocycles. The van der Waals surface area contributed by atoms with E-state index in [0.29, 0.717) is 0 Å². The molecule has 130 valence electrons. The lowest BCUT2D eigenvalue weighted by Crippen LogP contribution is -3.09. The van der Waals surface area contributed by atoms with Crippen molar-refractivity contribution in [3.63, 3.8) is 0 Å². The van der Waals surface area contributed by atoms with E-state index in [2.05, 4.69) is 68.4 Å². The second-order valence-corrected chi connectivity index (χ2v) is 6.79. The lowest BCUT2D eigenvalue weighted by atomic mass is 10.2. The molecule has 3 rings (SSSR count). The molecule has 0 radical (unpaired) electrons. The zero-order chi connectivity index (χ0) is 17.8. The highest BCUT2D eigenvalue weighted by Gasteiger charge is 2.14. The van der Waals surface area contributed by atoms with Gasteiger partial charge < -0.3 is 4.90 Å². The Morgan fingerprint density at radius 2 is 1.68 bits per heavy atom. The van der Waals surface area contributed by atoms with E-state index < -0.39 is 0 Å². The molecule has 1 unspecified atom stereocenters. The molecule has 25 heavy (non-hydrogen) atoms. The zero-order valence-corrected chi connectivity index (χ0v) is 15.9. The first-order valence-corrected chi connectivity index (χ1v) is 9.10. The summed E-state index contributed by atoms with van der Waals surface area (Å²) in [5.74, 6) is 0.920. The van der Waals surface area contributed by atoms with E-state index >= 15 is 0 Å². The second kappa shape index (κ2) is 7.76. The van der Waals surface area contributed by atoms with Gasteiger partial charge in [-0.05, 0) is 45.1 Å². The molecular formula is C20H25N4S+. The maximum absolute atomic E-state index is 5.71. The van der Waals surface area contributed by atoms with Crippen LogP contribution in [0.2, 0.25) is 0 Å². The van der Waals surface area contributed by atoms with Crippen molar-refractivity contribution in [2.75, 3.05) is 6.54 Å². The van der Waals surface area contributed by atoms with Gasteiger partial charge in [0.2, 0.25) is 4.77 Å². The van der Waals surface area contributed by atoms with Crippen LogP contribution in [0.25, 0.3) is 5.69 Å². The van der Waals surface area contributed by atoms with E-state index in [1.54, 1.807) is 0 Å². The van der Waals surface area contributed by atoms with Crippen LogP contribution in [0.3, 0.4) is 0 Å². The molecule has 5 heteroatoms. The number of hydrogen-bond donors (Lipinski definition) is 1. The molecule has 0 spiro atoms. The van der Waals surface area contributed by atoms with Gasteiger partial charge in [0.15, 0.2) is 6.67 Å². The van der Waals surface area contributed by atoms with Crippen molar-refractivity contribution in [2.24, 2.45) is 0 Å². The van der Waals surface area contributed by atoms with Crippen LogP contribution in [-0.2, 0) is 13.2 Å². The van der Waals surface area contributed by atoms with Gasteiger partial charge in [0.25, 0.3) is 0 Å². The van der Waals surface area contributed by atoms with Crippen molar-refractivity contribution in [1.29, 1.82) is 0 Å². The smallest absolute Gasteiger partial charge is 0.207 e. The molecule has 1 N–H and O–H groups in total. The normalized spacial score (nSPS) is 12.3. The molecule has 0 fully saturated rings. The first-order chi connectivity index (χ1) is 12.1. The number of rotatable bonds is 6. The maximum atomic E-state index is 5.71. The SMILES string of the molecule is CC[NH+](Cc1ccccc1)Cn1nc(C)n(-c2ccc(C)cc2)c1=S. The van der Waals surface area contributed by atoms with Crippen molar-refractivity contribution >= 4 is 12.2 Å². The molecule has 0 bridgehead atoms. The molecule has 2 aromatic carbocycles. The lowest BCUT2D eigenvalue weighted by Gasteiger charge is -2.17. The molecule has 1 atom stereocenters. The molecule has 0 amide bonds. The summed E-state index contributed by atoms with van der Waals surface area (Å²) in [6.07, 6.45) is 0. The fourth-order valence-corrected chi connectivity index (χ4v) is 3.34. The van der Waals surface area contributed by atoms with Gasteiger partial charge in [-0.25, -0.2) is 0 Å². The van der Waals surface area contributed by atoms with Gasteiger partial charge >= 0.3 is 0 Å². The highest BCUT2D eigenvalue weighted by molar-refractivity contribution is 7.71. The molecule has 0 saturated heterocycles. The fourth-order valence-electron chi connectivity index (χ4n) is 3.00. The van der Waals surface area contributed by atoms with Crippen molar-refractivity contribution in [1.82, 2.24) is 14.3 Å². The predicted molar refractivity (Wildman–Crippen MR) is 104 cm³/mol. The zero-order valence-electron chi connectivity index (χ0n) is 15.1. The van der Waals surface area contributed by atoms with E-state index in [4.69, 9.17) is 17.3 Å². The van der Waals surface area contributed by atoms with E-state index in [0.717, 1.165) is 36.0 Å². The highest BCUT2D eigenvalue weighted by Crippen LogP contribution is 2.12. The molecule has 3 aromatic rings. The second-order valence-electron chi connectivity index (χ2n) is 6.42. The van der Waals surface area contributed by atoms with E-state index in [9.17, 15) is 0 Å². The minimum Gasteiger partial charge on any atom is -0.313 e. The molecule has 1 aromatic heterocycles. The average molecular weight is 354 g/mol. The first-order valence-electron chi connectivity index (χ1n) is 8.69. The summed E-state index contributed by atoms with van der Waals surface area (Å²) >= 11 is 5.71. The van der Waals surface area contributed by atoms with Crippen molar-refractivity contribution in [3.8, 4) is 5.69 Å². The van der Waals surface area contributed by atoms with Crippen LogP contribution < -0.4 is 4.90 Å². The van der Waals surface area contributed by atoms with Gasteiger partial charge in [-0.2, -0.15) is 9.78 Å². The largest absolute Gasteiger partial charge is 0.313 e. The summed E-state index contributed by atoms with van der Waals surface area (Å²) in [5, 5.41) is 4.69. The summed E-state index contributed by atoms with van der Waals surface area (Å²) in [6.45, 7) is 9.05. The van der Waals surface area contributed by atoms with Gasteiger partial charge in [-0.3, -0.25) is 4.57 Å². The Kier molecular flexibility index (Phi) is 5.46. The Hall–Kier alpha value is -2.24. The van der Waals surface area contributed by atoms with Gasteiger partial charge in [0, 0.05) is 11.3 Å². The minimum atomic E-state index is 0.750. The Labute approximate surface area is 154 Å². The summed E-state index contributed by atoms with van der Waals surface area (Å²) in [5.41, 5.74) is 3.64. The van der Waals surface area contributed by atoms with Crippen LogP contribution in [0, 0.1) is 18.6 Å². The molecule has 4 nitrogen and oxygen atoms in total. The third-order valence-corrected chi connectivity index (χ3v) is 4.86. The summed E-state index contributed by atoms with van der Waals surface area (Å²) in [6, 6.07) is 19.0. The molecule has 1 heterocycles. The van der Waals surface area contributed by atoms with Crippen LogP contribution in [0.15, 0.2) is 54.6 Å². The number of nitrogens with zero attached hydrogens (tertiary/aromatic N) is 3. The van der Waals surface area contributed by atoms with Crippen molar-refractivity contribution < 1.29 is 4.90 Å². The monoisotopic (exact) mass is 353 g/mol. The number of quaternary nitrogens is 1. The van der Waals surface area contributed by atoms with Crippen LogP contribution in [0.4, 0.5) is 0 Å². The Morgan fingerprint density at radius 1 is 1.00 bits per heavy atom. The maximum Gasteiger partial charge on any atom is 0.207 e. The quantitative estimate of drug-likeness (QED) is 0.690. The minimum absolute atomic E-state index is 0.750. The van der Waals surface area contributed by atoms with Gasteiger partial charge in [0.05, 0.1) is 6.54 Å². The van der Waals surface area contributed by atoms with Crippen molar-refractivity contribution in [2.45, 2.75) is 34.0 Å². The van der Waals surface area contributed by atoms with Gasteiger partial charge in [-0.15, -0.1) is 0 Å². The lowest BCUT2D eigenvalue weighted by molar-refractivity contribution is -0.935. The fraction of sp³-hybridized carbons (Fsp3) is 0.300. The van der Waals surface area contributed by atoms with E-state index in [1.165, 1.54) is 16.0 Å². The third kappa shape index (κ3) is 4.06. The Morgan fingerprint density at radius 3 is 2.32 bits per heavy atom. The van der Waals surface area contributed by atoms with Crippen LogP contribution >= 0.6 is 12.2 Å². The third-order valence-electron chi connectivity index (χ3n) is 4.46. The molecule has 0 aliphatic heterocycles. The van der Waals surface area contributed by atoms with Crippen molar-refractivity contribution in [3.05, 3.63) is 76.3 Å². The predicted octanol–water partition coefficient (Wildman–Crippen LogP) is 3.08. The summed E-state index contributed by atoms with van der Waals surface area (Å²) in [7, 11) is 0. The highest BCUT2D eigenvalue weighted by atomic mass is 32.1. The topological polar surface area (TPSA) is 27.2 Å². The Balaban J connectivity index is 1.84.